The molecule has 0 aromatic heterocycles. The summed E-state index contributed by atoms with van der Waals surface area (Å²) in [7, 11) is 5.92. The first-order valence-corrected chi connectivity index (χ1v) is 32.7. The van der Waals surface area contributed by atoms with Crippen LogP contribution in [0.4, 0.5) is 0 Å². The largest absolute Gasteiger partial charge is 0.545 e. The van der Waals surface area contributed by atoms with Gasteiger partial charge < -0.3 is 33.3 Å². The van der Waals surface area contributed by atoms with Crippen molar-refractivity contribution in [3.63, 3.8) is 0 Å². The number of carbonyl (C=O) groups excluding carboxylic acids is 3. The maximum atomic E-state index is 12.9. The van der Waals surface area contributed by atoms with Crippen LogP contribution in [0.2, 0.25) is 0 Å². The van der Waals surface area contributed by atoms with Crippen LogP contribution in [0, 0.1) is 0 Å². The molecule has 0 saturated carbocycles. The monoisotopic (exact) mass is 1110 g/mol. The summed E-state index contributed by atoms with van der Waals surface area (Å²) in [6.07, 6.45) is 78.0. The van der Waals surface area contributed by atoms with Gasteiger partial charge >= 0.3 is 11.9 Å². The Labute approximate surface area is 487 Å². The second kappa shape index (κ2) is 60.6. The van der Waals surface area contributed by atoms with Crippen molar-refractivity contribution in [1.82, 2.24) is 0 Å². The Morgan fingerprint density at radius 2 is 0.722 bits per heavy atom. The van der Waals surface area contributed by atoms with Crippen molar-refractivity contribution in [3.05, 3.63) is 85.1 Å². The Balaban J connectivity index is 4.16. The zero-order valence-electron chi connectivity index (χ0n) is 52.0. The number of allylic oxidation sites excluding steroid dienone is 14. The highest BCUT2D eigenvalue weighted by atomic mass is 16.7. The number of rotatable bonds is 60. The van der Waals surface area contributed by atoms with Gasteiger partial charge in [-0.25, -0.2) is 0 Å². The predicted molar refractivity (Wildman–Crippen MR) is 334 cm³/mol. The molecule has 0 fully saturated rings. The molecule has 0 bridgehead atoms. The normalized spacial score (nSPS) is 13.3. The summed E-state index contributed by atoms with van der Waals surface area (Å²) >= 11 is 0. The van der Waals surface area contributed by atoms with Gasteiger partial charge in [-0.2, -0.15) is 0 Å². The standard InChI is InChI=1S/C70H123NO8/c1-6-8-10-12-14-16-18-20-22-24-26-28-30-31-32-33-34-35-36-37-39-40-42-44-46-48-50-52-54-56-58-60-67(72)77-64-66(65-78-70(69(74)75)76-63-62-71(3,4)5)79-68(73)61-59-57-55-53-51-49-47-45-43-41-38-29-27-25-23-21-19-17-15-13-11-9-7-2/h9,11,15,17,21,23-24,26-27,29,41,43,47,49,66,70H,6-8,10,12-14,16,18-20,22,25,28,30-40,42,44-46,48,50-65H2,1-5H3/b11-9-,17-15-,23-21-,26-24-,29-27-,43-41-,49-47-. The molecule has 0 radical (unpaired) electrons. The van der Waals surface area contributed by atoms with Gasteiger partial charge in [0.25, 0.3) is 0 Å². The van der Waals surface area contributed by atoms with Crippen molar-refractivity contribution >= 4 is 17.9 Å². The van der Waals surface area contributed by atoms with E-state index in [1.165, 1.54) is 167 Å². The summed E-state index contributed by atoms with van der Waals surface area (Å²) in [5, 5.41) is 11.8. The molecule has 0 N–H and O–H groups in total. The molecular formula is C70H123NO8. The Kier molecular flexibility index (Phi) is 57.9. The van der Waals surface area contributed by atoms with Crippen LogP contribution in [-0.4, -0.2) is 82.3 Å². The van der Waals surface area contributed by atoms with Gasteiger partial charge in [0.15, 0.2) is 12.4 Å². The van der Waals surface area contributed by atoms with E-state index in [0.717, 1.165) is 83.5 Å². The van der Waals surface area contributed by atoms with Crippen molar-refractivity contribution in [3.8, 4) is 0 Å². The van der Waals surface area contributed by atoms with E-state index in [-0.39, 0.29) is 38.6 Å². The molecule has 2 atom stereocenters. The number of ether oxygens (including phenoxy) is 4. The molecular weight excluding hydrogens is 983 g/mol. The van der Waals surface area contributed by atoms with Crippen LogP contribution in [0.3, 0.4) is 0 Å². The van der Waals surface area contributed by atoms with Gasteiger partial charge in [0, 0.05) is 12.8 Å². The van der Waals surface area contributed by atoms with Crippen molar-refractivity contribution in [2.75, 3.05) is 47.5 Å². The van der Waals surface area contributed by atoms with Gasteiger partial charge in [-0.05, 0) is 89.9 Å². The van der Waals surface area contributed by atoms with Gasteiger partial charge in [0.05, 0.1) is 40.3 Å². The average Bonchev–Trinajstić information content (AvgIpc) is 3.42. The van der Waals surface area contributed by atoms with Gasteiger partial charge in [-0.1, -0.05) is 266 Å². The van der Waals surface area contributed by atoms with E-state index >= 15 is 0 Å². The highest BCUT2D eigenvalue weighted by Crippen LogP contribution is 2.17. The number of carboxylic acid groups (broad SMARTS) is 1. The lowest BCUT2D eigenvalue weighted by Crippen LogP contribution is -2.44. The van der Waals surface area contributed by atoms with E-state index in [9.17, 15) is 19.5 Å². The van der Waals surface area contributed by atoms with Crippen LogP contribution < -0.4 is 5.11 Å². The van der Waals surface area contributed by atoms with Crippen LogP contribution in [0.15, 0.2) is 85.1 Å². The lowest BCUT2D eigenvalue weighted by Gasteiger charge is -2.26. The minimum Gasteiger partial charge on any atom is -0.545 e. The minimum absolute atomic E-state index is 0.139. The molecule has 0 spiro atoms. The molecule has 0 amide bonds. The molecule has 0 aliphatic carbocycles. The lowest BCUT2D eigenvalue weighted by molar-refractivity contribution is -0.870. The van der Waals surface area contributed by atoms with E-state index in [2.05, 4.69) is 98.9 Å². The van der Waals surface area contributed by atoms with Gasteiger partial charge in [0.2, 0.25) is 0 Å². The van der Waals surface area contributed by atoms with Crippen molar-refractivity contribution in [2.45, 2.75) is 296 Å². The van der Waals surface area contributed by atoms with Gasteiger partial charge in [0.1, 0.15) is 13.2 Å². The first-order valence-electron chi connectivity index (χ1n) is 32.7. The van der Waals surface area contributed by atoms with Crippen LogP contribution >= 0.6 is 0 Å². The first kappa shape index (κ1) is 75.5. The topological polar surface area (TPSA) is 111 Å². The minimum atomic E-state index is -1.63. The second-order valence-electron chi connectivity index (χ2n) is 23.0. The second-order valence-corrected chi connectivity index (χ2v) is 23.0. The molecule has 0 aliphatic heterocycles. The number of carbonyl (C=O) groups is 3. The quantitative estimate of drug-likeness (QED) is 0.0195. The number of hydrogen-bond donors (Lipinski definition) is 0. The molecule has 9 heteroatoms. The summed E-state index contributed by atoms with van der Waals surface area (Å²) in [6.45, 7) is 4.62. The summed E-state index contributed by atoms with van der Waals surface area (Å²) in [4.78, 5) is 37.4. The molecule has 0 rings (SSSR count). The van der Waals surface area contributed by atoms with E-state index < -0.39 is 24.3 Å². The predicted octanol–water partition coefficient (Wildman–Crippen LogP) is 18.6. The molecule has 0 heterocycles. The number of quaternary nitrogens is 1. The molecule has 9 nitrogen and oxygen atoms in total. The molecule has 0 aliphatic rings. The number of aliphatic carboxylic acids is 1. The Hall–Kier alpha value is -3.53. The Bertz CT molecular complexity index is 1570. The molecule has 456 valence electrons. The van der Waals surface area contributed by atoms with Crippen LogP contribution in [0.5, 0.6) is 0 Å². The highest BCUT2D eigenvalue weighted by molar-refractivity contribution is 5.70. The smallest absolute Gasteiger partial charge is 0.306 e. The molecule has 79 heavy (non-hydrogen) atoms. The van der Waals surface area contributed by atoms with Gasteiger partial charge in [-0.3, -0.25) is 9.59 Å². The molecule has 0 saturated heterocycles. The first-order chi connectivity index (χ1) is 38.6. The van der Waals surface area contributed by atoms with E-state index in [4.69, 9.17) is 18.9 Å². The van der Waals surface area contributed by atoms with E-state index in [1.807, 2.05) is 21.1 Å². The van der Waals surface area contributed by atoms with E-state index in [0.29, 0.717) is 17.4 Å². The molecule has 2 unspecified atom stereocenters. The average molecular weight is 1110 g/mol. The maximum absolute atomic E-state index is 12.9. The number of hydrogen-bond acceptors (Lipinski definition) is 8. The number of esters is 2. The highest BCUT2D eigenvalue weighted by Gasteiger charge is 2.22. The van der Waals surface area contributed by atoms with Crippen molar-refractivity contribution < 1.29 is 42.9 Å². The summed E-state index contributed by atoms with van der Waals surface area (Å²) in [5.74, 6) is -2.31. The fraction of sp³-hybridized carbons (Fsp3) is 0.757. The fourth-order valence-corrected chi connectivity index (χ4v) is 9.12. The van der Waals surface area contributed by atoms with Crippen molar-refractivity contribution in [2.24, 2.45) is 0 Å². The van der Waals surface area contributed by atoms with Crippen molar-refractivity contribution in [1.29, 1.82) is 0 Å². The summed E-state index contributed by atoms with van der Waals surface area (Å²) < 4.78 is 22.7. The van der Waals surface area contributed by atoms with Gasteiger partial charge in [-0.15, -0.1) is 0 Å². The molecule has 0 aromatic carbocycles. The SMILES string of the molecule is CC/C=C\C/C=C\C/C=C\C/C=C\C/C=C\C/C=C\CCCCCCC(=O)OC(COC(=O)CCCCCCCCCCCCCCCCCCCCC/C=C\CCCCCCCCCC)COC(OCC[N+](C)(C)C)C(=O)[O-]. The third-order valence-corrected chi connectivity index (χ3v) is 14.1. The summed E-state index contributed by atoms with van der Waals surface area (Å²) in [5.41, 5.74) is 0. The lowest BCUT2D eigenvalue weighted by atomic mass is 10.0. The third-order valence-electron chi connectivity index (χ3n) is 14.1. The fourth-order valence-electron chi connectivity index (χ4n) is 9.12. The van der Waals surface area contributed by atoms with E-state index in [1.54, 1.807) is 0 Å². The zero-order chi connectivity index (χ0) is 57.6. The number of unbranched alkanes of at least 4 members (excludes halogenated alkanes) is 31. The number of likely N-dealkylation sites (N-methyl/N-ethyl adjacent to an activating group) is 1. The number of carboxylic acids is 1. The van der Waals surface area contributed by atoms with Crippen LogP contribution in [0.25, 0.3) is 0 Å². The summed E-state index contributed by atoms with van der Waals surface area (Å²) in [6, 6.07) is 0. The molecule has 0 aromatic rings. The Morgan fingerprint density at radius 3 is 1.09 bits per heavy atom. The zero-order valence-corrected chi connectivity index (χ0v) is 52.0. The number of nitrogens with zero attached hydrogens (tertiary/aromatic N) is 1. The van der Waals surface area contributed by atoms with Crippen LogP contribution in [-0.2, 0) is 33.3 Å². The third kappa shape index (κ3) is 61.9. The Morgan fingerprint density at radius 1 is 0.392 bits per heavy atom. The van der Waals surface area contributed by atoms with Crippen LogP contribution in [0.1, 0.15) is 284 Å². The maximum Gasteiger partial charge on any atom is 0.306 e.